The van der Waals surface area contributed by atoms with Gasteiger partial charge in [-0.3, -0.25) is 4.98 Å². The van der Waals surface area contributed by atoms with E-state index in [1.54, 1.807) is 6.92 Å². The van der Waals surface area contributed by atoms with Crippen LogP contribution in [0.1, 0.15) is 6.92 Å². The van der Waals surface area contributed by atoms with Gasteiger partial charge < -0.3 is 5.11 Å². The predicted octanol–water partition coefficient (Wildman–Crippen LogP) is 0.394. The number of pyridine rings is 1. The lowest BCUT2D eigenvalue weighted by atomic mass is 10.4. The average Bonchev–Trinajstić information content (AvgIpc) is 2.17. The Balaban J connectivity index is 3.02. The molecule has 5 nitrogen and oxygen atoms in total. The van der Waals surface area contributed by atoms with Crippen LogP contribution in [0.2, 0.25) is 5.02 Å². The van der Waals surface area contributed by atoms with Crippen molar-refractivity contribution in [3.63, 3.8) is 0 Å². The second-order valence-electron chi connectivity index (χ2n) is 3.01. The number of aliphatic hydroxyl groups excluding tert-OH is 1. The lowest BCUT2D eigenvalue weighted by Gasteiger charge is -2.11. The summed E-state index contributed by atoms with van der Waals surface area (Å²) in [6.07, 6.45) is 2.56. The Morgan fingerprint density at radius 2 is 2.33 bits per heavy atom. The monoisotopic (exact) mass is 250 g/mol. The van der Waals surface area contributed by atoms with Crippen LogP contribution in [0, 0.1) is 0 Å². The van der Waals surface area contributed by atoms with Crippen molar-refractivity contribution in [2.45, 2.75) is 17.9 Å². The smallest absolute Gasteiger partial charge is 0.243 e. The van der Waals surface area contributed by atoms with Crippen LogP contribution in [0.5, 0.6) is 0 Å². The van der Waals surface area contributed by atoms with E-state index in [2.05, 4.69) is 9.71 Å². The first-order chi connectivity index (χ1) is 6.97. The topological polar surface area (TPSA) is 79.3 Å². The summed E-state index contributed by atoms with van der Waals surface area (Å²) >= 11 is 5.71. The van der Waals surface area contributed by atoms with E-state index in [-0.39, 0.29) is 16.5 Å². The van der Waals surface area contributed by atoms with Crippen LogP contribution >= 0.6 is 11.6 Å². The molecule has 0 aromatic carbocycles. The molecule has 7 heteroatoms. The zero-order valence-electron chi connectivity index (χ0n) is 8.01. The third-order valence-electron chi connectivity index (χ3n) is 1.65. The van der Waals surface area contributed by atoms with Gasteiger partial charge in [-0.2, -0.15) is 0 Å². The normalized spacial score (nSPS) is 13.8. The van der Waals surface area contributed by atoms with Crippen LogP contribution in [-0.4, -0.2) is 31.2 Å². The molecule has 1 rings (SSSR count). The minimum atomic E-state index is -3.71. The number of halogens is 1. The highest BCUT2D eigenvalue weighted by Gasteiger charge is 2.19. The van der Waals surface area contributed by atoms with Gasteiger partial charge in [-0.1, -0.05) is 11.6 Å². The Hall–Kier alpha value is -0.690. The molecule has 84 valence electrons. The van der Waals surface area contributed by atoms with E-state index in [4.69, 9.17) is 16.7 Å². The number of nitrogens with zero attached hydrogens (tertiary/aromatic N) is 1. The highest BCUT2D eigenvalue weighted by Crippen LogP contribution is 2.18. The second kappa shape index (κ2) is 4.89. The van der Waals surface area contributed by atoms with Gasteiger partial charge in [-0.15, -0.1) is 0 Å². The fourth-order valence-electron chi connectivity index (χ4n) is 0.926. The number of aliphatic hydroxyl groups is 1. The van der Waals surface area contributed by atoms with Crippen molar-refractivity contribution in [1.29, 1.82) is 0 Å². The van der Waals surface area contributed by atoms with Crippen molar-refractivity contribution < 1.29 is 13.5 Å². The molecule has 0 amide bonds. The van der Waals surface area contributed by atoms with E-state index in [0.717, 1.165) is 6.20 Å². The first-order valence-electron chi connectivity index (χ1n) is 4.20. The molecular weight excluding hydrogens is 240 g/mol. The van der Waals surface area contributed by atoms with Crippen molar-refractivity contribution in [2.24, 2.45) is 0 Å². The van der Waals surface area contributed by atoms with Crippen LogP contribution < -0.4 is 4.72 Å². The van der Waals surface area contributed by atoms with Gasteiger partial charge in [0.2, 0.25) is 10.0 Å². The van der Waals surface area contributed by atoms with Crippen molar-refractivity contribution in [1.82, 2.24) is 9.71 Å². The zero-order valence-corrected chi connectivity index (χ0v) is 9.59. The number of rotatable bonds is 4. The molecule has 0 aliphatic rings. The fourth-order valence-corrected chi connectivity index (χ4v) is 2.59. The molecule has 0 spiro atoms. The first kappa shape index (κ1) is 12.4. The summed E-state index contributed by atoms with van der Waals surface area (Å²) in [6, 6.07) is 0.825. The van der Waals surface area contributed by atoms with Gasteiger partial charge in [0.05, 0.1) is 11.6 Å². The lowest BCUT2D eigenvalue weighted by Crippen LogP contribution is -2.35. The Morgan fingerprint density at radius 1 is 1.67 bits per heavy atom. The van der Waals surface area contributed by atoms with Crippen molar-refractivity contribution in [3.8, 4) is 0 Å². The molecule has 1 aromatic heterocycles. The maximum Gasteiger partial charge on any atom is 0.243 e. The molecule has 0 bridgehead atoms. The highest BCUT2D eigenvalue weighted by atomic mass is 35.5. The molecular formula is C8H11ClN2O3S. The molecule has 0 aliphatic carbocycles. The Morgan fingerprint density at radius 3 is 2.87 bits per heavy atom. The van der Waals surface area contributed by atoms with Gasteiger partial charge in [0.25, 0.3) is 0 Å². The maximum absolute atomic E-state index is 11.7. The van der Waals surface area contributed by atoms with Crippen molar-refractivity contribution >= 4 is 21.6 Å². The number of hydrogen-bond donors (Lipinski definition) is 2. The Labute approximate surface area is 93.2 Å². The van der Waals surface area contributed by atoms with Gasteiger partial charge in [-0.05, 0) is 13.0 Å². The van der Waals surface area contributed by atoms with Crippen LogP contribution in [0.15, 0.2) is 23.4 Å². The third-order valence-corrected chi connectivity index (χ3v) is 3.71. The largest absolute Gasteiger partial charge is 0.395 e. The predicted molar refractivity (Wildman–Crippen MR) is 56.1 cm³/mol. The summed E-state index contributed by atoms with van der Waals surface area (Å²) < 4.78 is 25.6. The van der Waals surface area contributed by atoms with E-state index in [1.165, 1.54) is 12.3 Å². The molecule has 0 saturated carbocycles. The highest BCUT2D eigenvalue weighted by molar-refractivity contribution is 7.89. The molecule has 0 aliphatic heterocycles. The van der Waals surface area contributed by atoms with Gasteiger partial charge in [0.1, 0.15) is 4.90 Å². The standard InChI is InChI=1S/C8H11ClN2O3S/c1-6(5-12)11-15(13,14)8-4-10-3-2-7(8)9/h2-4,6,11-12H,5H2,1H3/t6-/m0/s1. The van der Waals surface area contributed by atoms with E-state index >= 15 is 0 Å². The SMILES string of the molecule is C[C@@H](CO)NS(=O)(=O)c1cnccc1Cl. The van der Waals surface area contributed by atoms with Gasteiger partial charge in [0.15, 0.2) is 0 Å². The second-order valence-corrected chi connectivity index (χ2v) is 5.10. The Kier molecular flexibility index (Phi) is 4.04. The minimum absolute atomic E-state index is 0.0908. The summed E-state index contributed by atoms with van der Waals surface area (Å²) in [5, 5.41) is 8.84. The number of hydrogen-bond acceptors (Lipinski definition) is 4. The van der Waals surface area contributed by atoms with Gasteiger partial charge in [0, 0.05) is 18.4 Å². The average molecular weight is 251 g/mol. The summed E-state index contributed by atoms with van der Waals surface area (Å²) in [6.45, 7) is 1.26. The number of sulfonamides is 1. The summed E-state index contributed by atoms with van der Waals surface area (Å²) in [5.74, 6) is 0. The fraction of sp³-hybridized carbons (Fsp3) is 0.375. The molecule has 2 N–H and O–H groups in total. The lowest BCUT2D eigenvalue weighted by molar-refractivity contribution is 0.265. The molecule has 0 radical (unpaired) electrons. The third kappa shape index (κ3) is 3.13. The molecule has 1 heterocycles. The van der Waals surface area contributed by atoms with E-state index in [9.17, 15) is 8.42 Å². The molecule has 15 heavy (non-hydrogen) atoms. The summed E-state index contributed by atoms with van der Waals surface area (Å²) in [5.41, 5.74) is 0. The van der Waals surface area contributed by atoms with Crippen LogP contribution in [-0.2, 0) is 10.0 Å². The van der Waals surface area contributed by atoms with Crippen molar-refractivity contribution in [2.75, 3.05) is 6.61 Å². The van der Waals surface area contributed by atoms with Gasteiger partial charge >= 0.3 is 0 Å². The molecule has 0 fully saturated rings. The van der Waals surface area contributed by atoms with Crippen LogP contribution in [0.3, 0.4) is 0 Å². The zero-order chi connectivity index (χ0) is 11.5. The van der Waals surface area contributed by atoms with E-state index in [1.807, 2.05) is 0 Å². The van der Waals surface area contributed by atoms with Gasteiger partial charge in [-0.25, -0.2) is 13.1 Å². The summed E-state index contributed by atoms with van der Waals surface area (Å²) in [4.78, 5) is 3.59. The molecule has 1 aromatic rings. The molecule has 1 atom stereocenters. The quantitative estimate of drug-likeness (QED) is 0.811. The molecule has 0 unspecified atom stereocenters. The maximum atomic E-state index is 11.7. The van der Waals surface area contributed by atoms with E-state index in [0.29, 0.717) is 0 Å². The minimum Gasteiger partial charge on any atom is -0.395 e. The first-order valence-corrected chi connectivity index (χ1v) is 6.06. The Bertz CT molecular complexity index is 435. The summed E-state index contributed by atoms with van der Waals surface area (Å²) in [7, 11) is -3.71. The van der Waals surface area contributed by atoms with Crippen LogP contribution in [0.4, 0.5) is 0 Å². The van der Waals surface area contributed by atoms with Crippen molar-refractivity contribution in [3.05, 3.63) is 23.5 Å². The number of nitrogens with one attached hydrogen (secondary N) is 1. The van der Waals surface area contributed by atoms with E-state index < -0.39 is 16.1 Å². The number of aromatic nitrogens is 1. The molecule has 0 saturated heterocycles. The van der Waals surface area contributed by atoms with Crippen LogP contribution in [0.25, 0.3) is 0 Å².